The maximum atomic E-state index is 11.5. The number of hydrogen-bond acceptors (Lipinski definition) is 7. The SMILES string of the molecule is CCC(=O)OC(CC)COP(=O)([O-])OCCN(C)CC. The van der Waals surface area contributed by atoms with Crippen molar-refractivity contribution in [3.05, 3.63) is 0 Å². The molecule has 0 spiro atoms. The van der Waals surface area contributed by atoms with Crippen molar-refractivity contribution in [2.75, 3.05) is 33.4 Å². The number of esters is 1. The van der Waals surface area contributed by atoms with Gasteiger partial charge in [0.25, 0.3) is 7.82 Å². The van der Waals surface area contributed by atoms with Gasteiger partial charge in [-0.05, 0) is 20.0 Å². The van der Waals surface area contributed by atoms with Crippen molar-refractivity contribution in [2.24, 2.45) is 0 Å². The molecule has 0 aliphatic heterocycles. The highest BCUT2D eigenvalue weighted by molar-refractivity contribution is 7.45. The van der Waals surface area contributed by atoms with Gasteiger partial charge in [-0.2, -0.15) is 0 Å². The maximum absolute atomic E-state index is 11.5. The first-order chi connectivity index (χ1) is 9.34. The van der Waals surface area contributed by atoms with E-state index < -0.39 is 13.9 Å². The monoisotopic (exact) mass is 310 g/mol. The summed E-state index contributed by atoms with van der Waals surface area (Å²) in [5.74, 6) is -0.383. The molecule has 2 unspecified atom stereocenters. The fraction of sp³-hybridized carbons (Fsp3) is 0.917. The molecule has 0 N–H and O–H groups in total. The predicted molar refractivity (Wildman–Crippen MR) is 73.1 cm³/mol. The van der Waals surface area contributed by atoms with Gasteiger partial charge in [0, 0.05) is 13.0 Å². The number of ether oxygens (including phenoxy) is 1. The number of hydrogen-bond donors (Lipinski definition) is 0. The van der Waals surface area contributed by atoms with Crippen LogP contribution in [0.3, 0.4) is 0 Å². The van der Waals surface area contributed by atoms with Crippen LogP contribution in [-0.4, -0.2) is 50.3 Å². The van der Waals surface area contributed by atoms with Gasteiger partial charge in [0.1, 0.15) is 6.10 Å². The Balaban J connectivity index is 4.05. The fourth-order valence-electron chi connectivity index (χ4n) is 1.18. The Morgan fingerprint density at radius 1 is 1.30 bits per heavy atom. The summed E-state index contributed by atoms with van der Waals surface area (Å²) in [6.07, 6.45) is 0.141. The molecule has 0 radical (unpaired) electrons. The molecule has 8 heteroatoms. The normalized spacial score (nSPS) is 15.9. The molecule has 0 saturated carbocycles. The molecule has 0 aromatic carbocycles. The van der Waals surface area contributed by atoms with E-state index in [0.29, 0.717) is 13.0 Å². The van der Waals surface area contributed by atoms with Gasteiger partial charge in [0.05, 0.1) is 13.2 Å². The lowest BCUT2D eigenvalue weighted by Crippen LogP contribution is -2.26. The summed E-state index contributed by atoms with van der Waals surface area (Å²) >= 11 is 0. The standard InChI is InChI=1S/C12H26NO6P/c1-5-11(19-12(14)6-2)10-18-20(15,16)17-9-8-13(4)7-3/h11H,5-10H2,1-4H3,(H,15,16)/p-1. The summed E-state index contributed by atoms with van der Waals surface area (Å²) < 4.78 is 26.0. The van der Waals surface area contributed by atoms with Crippen LogP contribution in [0.25, 0.3) is 0 Å². The summed E-state index contributed by atoms with van der Waals surface area (Å²) in [7, 11) is -2.49. The highest BCUT2D eigenvalue weighted by atomic mass is 31.2. The quantitative estimate of drug-likeness (QED) is 0.418. The number of carbonyl (C=O) groups is 1. The highest BCUT2D eigenvalue weighted by Gasteiger charge is 2.16. The lowest BCUT2D eigenvalue weighted by Gasteiger charge is -2.26. The summed E-state index contributed by atoms with van der Waals surface area (Å²) in [5, 5.41) is 0. The first-order valence-electron chi connectivity index (χ1n) is 6.82. The third-order valence-electron chi connectivity index (χ3n) is 2.72. The van der Waals surface area contributed by atoms with Crippen LogP contribution in [0, 0.1) is 0 Å². The van der Waals surface area contributed by atoms with Gasteiger partial charge in [-0.15, -0.1) is 0 Å². The molecule has 0 fully saturated rings. The molecule has 0 saturated heterocycles. The molecule has 2 atom stereocenters. The van der Waals surface area contributed by atoms with Crippen LogP contribution in [-0.2, 0) is 23.1 Å². The fourth-order valence-corrected chi connectivity index (χ4v) is 1.91. The van der Waals surface area contributed by atoms with E-state index in [4.69, 9.17) is 13.8 Å². The topological polar surface area (TPSA) is 88.1 Å². The Hall–Kier alpha value is -0.460. The first-order valence-corrected chi connectivity index (χ1v) is 8.28. The lowest BCUT2D eigenvalue weighted by atomic mass is 10.3. The van der Waals surface area contributed by atoms with Gasteiger partial charge in [-0.25, -0.2) is 0 Å². The van der Waals surface area contributed by atoms with E-state index >= 15 is 0 Å². The van der Waals surface area contributed by atoms with E-state index in [0.717, 1.165) is 6.54 Å². The zero-order valence-electron chi connectivity index (χ0n) is 12.7. The Kier molecular flexibility index (Phi) is 10.1. The minimum absolute atomic E-state index is 0.0384. The van der Waals surface area contributed by atoms with Crippen molar-refractivity contribution in [3.8, 4) is 0 Å². The van der Waals surface area contributed by atoms with Gasteiger partial charge in [0.2, 0.25) is 0 Å². The smallest absolute Gasteiger partial charge is 0.305 e. The Bertz CT molecular complexity index is 325. The van der Waals surface area contributed by atoms with Gasteiger partial charge >= 0.3 is 5.97 Å². The van der Waals surface area contributed by atoms with E-state index in [-0.39, 0.29) is 25.6 Å². The third-order valence-corrected chi connectivity index (χ3v) is 3.69. The average Bonchev–Trinajstić information content (AvgIpc) is 2.42. The number of phosphoric ester groups is 1. The number of rotatable bonds is 11. The second-order valence-electron chi connectivity index (χ2n) is 4.35. The minimum Gasteiger partial charge on any atom is -0.756 e. The average molecular weight is 310 g/mol. The molecule has 7 nitrogen and oxygen atoms in total. The molecular formula is C12H25NO6P-. The molecular weight excluding hydrogens is 285 g/mol. The first kappa shape index (κ1) is 19.5. The highest BCUT2D eigenvalue weighted by Crippen LogP contribution is 2.38. The summed E-state index contributed by atoms with van der Waals surface area (Å²) in [6, 6.07) is 0. The number of carbonyl (C=O) groups excluding carboxylic acids is 1. The van der Waals surface area contributed by atoms with Crippen LogP contribution in [0.4, 0.5) is 0 Å². The summed E-state index contributed by atoms with van der Waals surface area (Å²) in [5.41, 5.74) is 0. The Morgan fingerprint density at radius 3 is 2.45 bits per heavy atom. The Labute approximate surface area is 120 Å². The zero-order chi connectivity index (χ0) is 15.6. The van der Waals surface area contributed by atoms with Gasteiger partial charge in [0.15, 0.2) is 0 Å². The van der Waals surface area contributed by atoms with E-state index in [2.05, 4.69) is 0 Å². The number of likely N-dealkylation sites (N-methyl/N-ethyl adjacent to an activating group) is 1. The molecule has 0 aliphatic rings. The third kappa shape index (κ3) is 9.44. The maximum Gasteiger partial charge on any atom is 0.305 e. The number of nitrogens with zero attached hydrogens (tertiary/aromatic N) is 1. The largest absolute Gasteiger partial charge is 0.756 e. The van der Waals surface area contributed by atoms with E-state index in [1.807, 2.05) is 18.9 Å². The van der Waals surface area contributed by atoms with Gasteiger partial charge in [-0.3, -0.25) is 9.36 Å². The van der Waals surface area contributed by atoms with Crippen molar-refractivity contribution < 1.29 is 28.0 Å². The van der Waals surface area contributed by atoms with Crippen LogP contribution in [0.1, 0.15) is 33.6 Å². The van der Waals surface area contributed by atoms with Crippen LogP contribution < -0.4 is 4.89 Å². The molecule has 0 aromatic heterocycles. The molecule has 0 rings (SSSR count). The second-order valence-corrected chi connectivity index (χ2v) is 5.76. The lowest BCUT2D eigenvalue weighted by molar-refractivity contribution is -0.228. The van der Waals surface area contributed by atoms with Crippen LogP contribution in [0.15, 0.2) is 0 Å². The van der Waals surface area contributed by atoms with E-state index in [1.165, 1.54) is 0 Å². The van der Waals surface area contributed by atoms with E-state index in [9.17, 15) is 14.3 Å². The minimum atomic E-state index is -4.35. The van der Waals surface area contributed by atoms with Crippen LogP contribution in [0.5, 0.6) is 0 Å². The second kappa shape index (κ2) is 10.3. The molecule has 20 heavy (non-hydrogen) atoms. The molecule has 0 amide bonds. The molecule has 120 valence electrons. The molecule has 0 heterocycles. The van der Waals surface area contributed by atoms with Crippen molar-refractivity contribution >= 4 is 13.8 Å². The molecule has 0 aliphatic carbocycles. The van der Waals surface area contributed by atoms with Gasteiger partial charge < -0.3 is 23.6 Å². The summed E-state index contributed by atoms with van der Waals surface area (Å²) in [4.78, 5) is 24.5. The zero-order valence-corrected chi connectivity index (χ0v) is 13.6. The van der Waals surface area contributed by atoms with E-state index in [1.54, 1.807) is 13.8 Å². The van der Waals surface area contributed by atoms with Crippen LogP contribution >= 0.6 is 7.82 Å². The van der Waals surface area contributed by atoms with Crippen molar-refractivity contribution in [1.82, 2.24) is 4.90 Å². The van der Waals surface area contributed by atoms with Crippen LogP contribution in [0.2, 0.25) is 0 Å². The predicted octanol–water partition coefficient (Wildman–Crippen LogP) is 1.17. The van der Waals surface area contributed by atoms with Crippen molar-refractivity contribution in [3.63, 3.8) is 0 Å². The summed E-state index contributed by atoms with van der Waals surface area (Å²) in [6.45, 7) is 6.53. The van der Waals surface area contributed by atoms with Crippen molar-refractivity contribution in [1.29, 1.82) is 0 Å². The van der Waals surface area contributed by atoms with Crippen molar-refractivity contribution in [2.45, 2.75) is 39.7 Å². The molecule has 0 aromatic rings. The Morgan fingerprint density at radius 2 is 1.95 bits per heavy atom. The number of phosphoric acid groups is 1. The molecule has 0 bridgehead atoms. The van der Waals surface area contributed by atoms with Gasteiger partial charge in [-0.1, -0.05) is 20.8 Å².